The lowest BCUT2D eigenvalue weighted by Crippen LogP contribution is -2.51. The van der Waals surface area contributed by atoms with Gasteiger partial charge in [0.1, 0.15) is 17.7 Å². The van der Waals surface area contributed by atoms with Crippen LogP contribution in [0.25, 0.3) is 0 Å². The first-order valence-corrected chi connectivity index (χ1v) is 13.7. The fraction of sp³-hybridized carbons (Fsp3) is 0.344. The Morgan fingerprint density at radius 3 is 1.95 bits per heavy atom. The number of anilines is 1. The number of nitrogens with one attached hydrogen (secondary N) is 1. The van der Waals surface area contributed by atoms with E-state index in [-0.39, 0.29) is 37.5 Å². The highest BCUT2D eigenvalue weighted by Gasteiger charge is 2.36. The van der Waals surface area contributed by atoms with Crippen molar-refractivity contribution in [3.8, 4) is 0 Å². The first-order valence-electron chi connectivity index (χ1n) is 13.7. The molecule has 0 bridgehead atoms. The van der Waals surface area contributed by atoms with Crippen molar-refractivity contribution in [3.05, 3.63) is 102 Å². The molecule has 3 atom stereocenters. The van der Waals surface area contributed by atoms with Gasteiger partial charge in [0.05, 0.1) is 5.92 Å². The molecule has 3 aromatic rings. The zero-order chi connectivity index (χ0) is 28.5. The SMILES string of the molecule is O=C(O)[C@H](CC[C@H](Cc1ccc(F)cc1)C(=O)N(c1ccccc1)[C@H]1CCCCNC1=O)Cc1ccc(F)cc1. The maximum atomic E-state index is 14.3. The molecule has 4 rings (SSSR count). The summed E-state index contributed by atoms with van der Waals surface area (Å²) in [5, 5.41) is 12.9. The van der Waals surface area contributed by atoms with Crippen LogP contribution in [0.15, 0.2) is 78.9 Å². The maximum Gasteiger partial charge on any atom is 0.306 e. The molecule has 0 radical (unpaired) electrons. The molecule has 2 N–H and O–H groups in total. The average molecular weight is 549 g/mol. The fourth-order valence-electron chi connectivity index (χ4n) is 5.25. The lowest BCUT2D eigenvalue weighted by Gasteiger charge is -2.33. The van der Waals surface area contributed by atoms with Gasteiger partial charge in [0.15, 0.2) is 0 Å². The molecule has 8 heteroatoms. The van der Waals surface area contributed by atoms with Crippen LogP contribution in [0, 0.1) is 23.5 Å². The van der Waals surface area contributed by atoms with Gasteiger partial charge < -0.3 is 10.4 Å². The number of carboxylic acid groups (broad SMARTS) is 1. The summed E-state index contributed by atoms with van der Waals surface area (Å²) < 4.78 is 27.0. The minimum absolute atomic E-state index is 0.195. The van der Waals surface area contributed by atoms with Crippen molar-refractivity contribution < 1.29 is 28.3 Å². The van der Waals surface area contributed by atoms with Gasteiger partial charge in [0.25, 0.3) is 0 Å². The third kappa shape index (κ3) is 7.74. The van der Waals surface area contributed by atoms with Crippen molar-refractivity contribution in [1.82, 2.24) is 5.32 Å². The number of hydrogen-bond donors (Lipinski definition) is 2. The Hall–Kier alpha value is -4.07. The van der Waals surface area contributed by atoms with Crippen LogP contribution in [0.1, 0.15) is 43.2 Å². The number of carbonyl (C=O) groups is 3. The molecule has 1 aliphatic heterocycles. The van der Waals surface area contributed by atoms with Crippen LogP contribution >= 0.6 is 0 Å². The minimum atomic E-state index is -1.000. The number of nitrogens with zero attached hydrogens (tertiary/aromatic N) is 1. The summed E-state index contributed by atoms with van der Waals surface area (Å²) in [6, 6.07) is 20.0. The van der Waals surface area contributed by atoms with E-state index in [0.29, 0.717) is 24.2 Å². The Balaban J connectivity index is 1.63. The van der Waals surface area contributed by atoms with Crippen LogP contribution in [0.2, 0.25) is 0 Å². The normalized spacial score (nSPS) is 16.9. The molecule has 0 unspecified atom stereocenters. The van der Waals surface area contributed by atoms with Crippen LogP contribution in [0.4, 0.5) is 14.5 Å². The molecule has 2 amide bonds. The number of carboxylic acids is 1. The number of amides is 2. The minimum Gasteiger partial charge on any atom is -0.481 e. The van der Waals surface area contributed by atoms with Crippen molar-refractivity contribution in [2.24, 2.45) is 11.8 Å². The molecule has 6 nitrogen and oxygen atoms in total. The molecule has 40 heavy (non-hydrogen) atoms. The van der Waals surface area contributed by atoms with E-state index >= 15 is 0 Å². The Labute approximate surface area is 233 Å². The van der Waals surface area contributed by atoms with Gasteiger partial charge in [-0.25, -0.2) is 8.78 Å². The number of para-hydroxylation sites is 1. The molecule has 1 aliphatic rings. The van der Waals surface area contributed by atoms with Crippen molar-refractivity contribution in [2.75, 3.05) is 11.4 Å². The first-order chi connectivity index (χ1) is 19.3. The van der Waals surface area contributed by atoms with Crippen LogP contribution in [-0.2, 0) is 27.2 Å². The maximum absolute atomic E-state index is 14.3. The van der Waals surface area contributed by atoms with E-state index in [0.717, 1.165) is 18.4 Å². The Bertz CT molecular complexity index is 1280. The van der Waals surface area contributed by atoms with Gasteiger partial charge in [-0.15, -0.1) is 0 Å². The van der Waals surface area contributed by atoms with E-state index in [4.69, 9.17) is 0 Å². The highest BCUT2D eigenvalue weighted by molar-refractivity contribution is 6.02. The molecule has 0 spiro atoms. The Morgan fingerprint density at radius 1 is 0.825 bits per heavy atom. The van der Waals surface area contributed by atoms with Gasteiger partial charge in [-0.05, 0) is 92.5 Å². The quantitative estimate of drug-likeness (QED) is 0.329. The summed E-state index contributed by atoms with van der Waals surface area (Å²) in [5.41, 5.74) is 2.03. The van der Waals surface area contributed by atoms with Gasteiger partial charge in [0, 0.05) is 18.2 Å². The molecule has 0 saturated carbocycles. The second-order valence-electron chi connectivity index (χ2n) is 10.3. The lowest BCUT2D eigenvalue weighted by molar-refractivity contribution is -0.142. The Kier molecular flexibility index (Phi) is 10.00. The number of halogens is 2. The molecule has 0 aromatic heterocycles. The number of aliphatic carboxylic acids is 1. The second kappa shape index (κ2) is 13.8. The highest BCUT2D eigenvalue weighted by Crippen LogP contribution is 2.29. The molecule has 0 aliphatic carbocycles. The summed E-state index contributed by atoms with van der Waals surface area (Å²) >= 11 is 0. The summed E-state index contributed by atoms with van der Waals surface area (Å²) in [7, 11) is 0. The summed E-state index contributed by atoms with van der Waals surface area (Å²) in [4.78, 5) is 41.1. The van der Waals surface area contributed by atoms with Crippen LogP contribution in [0.5, 0.6) is 0 Å². The molecule has 3 aromatic carbocycles. The largest absolute Gasteiger partial charge is 0.481 e. The highest BCUT2D eigenvalue weighted by atomic mass is 19.1. The number of rotatable bonds is 11. The van der Waals surface area contributed by atoms with E-state index in [1.807, 2.05) is 18.2 Å². The fourth-order valence-corrected chi connectivity index (χ4v) is 5.25. The first kappa shape index (κ1) is 28.9. The monoisotopic (exact) mass is 548 g/mol. The zero-order valence-corrected chi connectivity index (χ0v) is 22.3. The van der Waals surface area contributed by atoms with E-state index in [1.54, 1.807) is 41.3 Å². The van der Waals surface area contributed by atoms with Gasteiger partial charge in [-0.1, -0.05) is 42.5 Å². The van der Waals surface area contributed by atoms with E-state index < -0.39 is 35.5 Å². The Morgan fingerprint density at radius 2 is 1.38 bits per heavy atom. The summed E-state index contributed by atoms with van der Waals surface area (Å²) in [6.45, 7) is 0.550. The average Bonchev–Trinajstić information content (AvgIpc) is 3.17. The van der Waals surface area contributed by atoms with Crippen molar-refractivity contribution >= 4 is 23.5 Å². The predicted octanol–water partition coefficient (Wildman–Crippen LogP) is 5.55. The third-order valence-electron chi connectivity index (χ3n) is 7.44. The van der Waals surface area contributed by atoms with Crippen molar-refractivity contribution in [2.45, 2.75) is 51.0 Å². The van der Waals surface area contributed by atoms with E-state index in [1.165, 1.54) is 24.3 Å². The zero-order valence-electron chi connectivity index (χ0n) is 22.3. The second-order valence-corrected chi connectivity index (χ2v) is 10.3. The van der Waals surface area contributed by atoms with Gasteiger partial charge in [-0.2, -0.15) is 0 Å². The molecule has 1 saturated heterocycles. The van der Waals surface area contributed by atoms with E-state index in [9.17, 15) is 28.3 Å². The van der Waals surface area contributed by atoms with Crippen molar-refractivity contribution in [3.63, 3.8) is 0 Å². The summed E-state index contributed by atoms with van der Waals surface area (Å²) in [5.74, 6) is -3.72. The molecule has 1 fully saturated rings. The number of hydrogen-bond acceptors (Lipinski definition) is 3. The van der Waals surface area contributed by atoms with Gasteiger partial charge >= 0.3 is 5.97 Å². The predicted molar refractivity (Wildman–Crippen MR) is 149 cm³/mol. The van der Waals surface area contributed by atoms with Crippen LogP contribution in [0.3, 0.4) is 0 Å². The van der Waals surface area contributed by atoms with Gasteiger partial charge in [-0.3, -0.25) is 19.3 Å². The van der Waals surface area contributed by atoms with Gasteiger partial charge in [0.2, 0.25) is 11.8 Å². The number of benzene rings is 3. The van der Waals surface area contributed by atoms with Crippen LogP contribution in [-0.4, -0.2) is 35.5 Å². The van der Waals surface area contributed by atoms with E-state index in [2.05, 4.69) is 5.32 Å². The molecule has 1 heterocycles. The lowest BCUT2D eigenvalue weighted by atomic mass is 9.86. The third-order valence-corrected chi connectivity index (χ3v) is 7.44. The molecular formula is C32H34F2N2O4. The van der Waals surface area contributed by atoms with Crippen molar-refractivity contribution in [1.29, 1.82) is 0 Å². The van der Waals surface area contributed by atoms with Crippen LogP contribution < -0.4 is 10.2 Å². The smallest absolute Gasteiger partial charge is 0.306 e. The standard InChI is InChI=1S/C32H34F2N2O4/c33-26-15-9-22(10-16-26)20-24(13-14-25(32(39)40)21-23-11-17-27(34)18-12-23)31(38)36(28-6-2-1-3-7-28)29-8-4-5-19-35-30(29)37/h1-3,6-7,9-12,15-18,24-25,29H,4-5,8,13-14,19-21H2,(H,35,37)(H,39,40)/t24-,25-,29+/m1/s1. The number of carbonyl (C=O) groups excluding carboxylic acids is 2. The topological polar surface area (TPSA) is 86.7 Å². The summed E-state index contributed by atoms with van der Waals surface area (Å²) in [6.07, 6.45) is 3.01. The molecular weight excluding hydrogens is 514 g/mol. The molecule has 210 valence electrons.